The van der Waals surface area contributed by atoms with Gasteiger partial charge >= 0.3 is 0 Å². The lowest BCUT2D eigenvalue weighted by atomic mass is 10.3. The molecule has 0 bridgehead atoms. The van der Waals surface area contributed by atoms with E-state index in [1.54, 1.807) is 18.1 Å². The number of hydrogen-bond donors (Lipinski definition) is 1. The highest BCUT2D eigenvalue weighted by Gasteiger charge is 2.18. The molecule has 0 saturated carbocycles. The topological polar surface area (TPSA) is 70.6 Å². The molecule has 1 aliphatic rings. The number of hydrogen-bond acceptors (Lipinski definition) is 6. The summed E-state index contributed by atoms with van der Waals surface area (Å²) >= 11 is 0. The maximum Gasteiger partial charge on any atom is 0.242 e. The van der Waals surface area contributed by atoms with Gasteiger partial charge in [0.1, 0.15) is 12.1 Å². The number of nitrogens with one attached hydrogen (secondary N) is 1. The van der Waals surface area contributed by atoms with Gasteiger partial charge in [0.25, 0.3) is 0 Å². The molecular formula is C12H19N5O2. The standard InChI is InChI=1S/C12H19N5O2/c1-16(10-7-11(19-2)15-9-14-10)8-12(18)17-5-3-13-4-6-17/h7,9,13H,3-6,8H2,1-2H3. The van der Waals surface area contributed by atoms with Crippen molar-refractivity contribution < 1.29 is 9.53 Å². The van der Waals surface area contributed by atoms with Crippen molar-refractivity contribution >= 4 is 11.7 Å². The molecule has 0 aromatic carbocycles. The molecule has 1 fully saturated rings. The van der Waals surface area contributed by atoms with Gasteiger partial charge in [0.2, 0.25) is 11.8 Å². The maximum absolute atomic E-state index is 12.1. The van der Waals surface area contributed by atoms with Crippen LogP contribution >= 0.6 is 0 Å². The molecule has 2 heterocycles. The molecule has 19 heavy (non-hydrogen) atoms. The first-order valence-electron chi connectivity index (χ1n) is 6.26. The molecule has 2 rings (SSSR count). The van der Waals surface area contributed by atoms with E-state index in [0.717, 1.165) is 26.2 Å². The van der Waals surface area contributed by atoms with Crippen LogP contribution in [0.2, 0.25) is 0 Å². The van der Waals surface area contributed by atoms with Crippen molar-refractivity contribution in [2.75, 3.05) is 51.8 Å². The number of carbonyl (C=O) groups is 1. The van der Waals surface area contributed by atoms with Crippen LogP contribution in [0, 0.1) is 0 Å². The van der Waals surface area contributed by atoms with Gasteiger partial charge in [0.15, 0.2) is 0 Å². The van der Waals surface area contributed by atoms with Crippen LogP contribution in [0.15, 0.2) is 12.4 Å². The van der Waals surface area contributed by atoms with Crippen LogP contribution in [-0.4, -0.2) is 67.7 Å². The van der Waals surface area contributed by atoms with Crippen molar-refractivity contribution in [3.05, 3.63) is 12.4 Å². The normalized spacial score (nSPS) is 15.2. The number of aromatic nitrogens is 2. The largest absolute Gasteiger partial charge is 0.481 e. The first-order chi connectivity index (χ1) is 9.20. The Morgan fingerprint density at radius 1 is 1.47 bits per heavy atom. The Morgan fingerprint density at radius 3 is 2.89 bits per heavy atom. The lowest BCUT2D eigenvalue weighted by Crippen LogP contribution is -2.49. The molecule has 0 spiro atoms. The van der Waals surface area contributed by atoms with Gasteiger partial charge in [0.05, 0.1) is 13.7 Å². The number of methoxy groups -OCH3 is 1. The predicted octanol–water partition coefficient (Wildman–Crippen LogP) is -0.647. The van der Waals surface area contributed by atoms with Crippen LogP contribution < -0.4 is 15.0 Å². The van der Waals surface area contributed by atoms with E-state index in [-0.39, 0.29) is 5.91 Å². The maximum atomic E-state index is 12.1. The molecule has 1 aliphatic heterocycles. The SMILES string of the molecule is COc1cc(N(C)CC(=O)N2CCNCC2)ncn1. The van der Waals surface area contributed by atoms with Crippen molar-refractivity contribution in [1.82, 2.24) is 20.2 Å². The second-order valence-electron chi connectivity index (χ2n) is 4.41. The highest BCUT2D eigenvalue weighted by Crippen LogP contribution is 2.13. The third-order valence-electron chi connectivity index (χ3n) is 3.07. The molecule has 0 unspecified atom stereocenters. The predicted molar refractivity (Wildman–Crippen MR) is 71.3 cm³/mol. The minimum atomic E-state index is 0.113. The molecule has 7 heteroatoms. The van der Waals surface area contributed by atoms with E-state index < -0.39 is 0 Å². The van der Waals surface area contributed by atoms with Crippen molar-refractivity contribution in [3.63, 3.8) is 0 Å². The number of piperazine rings is 1. The molecule has 1 aromatic rings. The Morgan fingerprint density at radius 2 is 2.21 bits per heavy atom. The van der Waals surface area contributed by atoms with E-state index in [4.69, 9.17) is 4.74 Å². The Bertz CT molecular complexity index is 434. The van der Waals surface area contributed by atoms with Gasteiger partial charge in [-0.15, -0.1) is 0 Å². The second kappa shape index (κ2) is 6.33. The molecule has 0 atom stereocenters. The van der Waals surface area contributed by atoms with Crippen LogP contribution in [0.1, 0.15) is 0 Å². The second-order valence-corrected chi connectivity index (χ2v) is 4.41. The van der Waals surface area contributed by atoms with E-state index in [1.807, 2.05) is 11.9 Å². The van der Waals surface area contributed by atoms with Crippen LogP contribution in [0.4, 0.5) is 5.82 Å². The molecular weight excluding hydrogens is 246 g/mol. The van der Waals surface area contributed by atoms with Crippen LogP contribution in [0.25, 0.3) is 0 Å². The molecule has 1 amide bonds. The number of carbonyl (C=O) groups excluding carboxylic acids is 1. The average Bonchev–Trinajstić information content (AvgIpc) is 2.48. The molecule has 104 valence electrons. The first kappa shape index (κ1) is 13.5. The summed E-state index contributed by atoms with van der Waals surface area (Å²) in [7, 11) is 3.39. The van der Waals surface area contributed by atoms with E-state index in [0.29, 0.717) is 18.2 Å². The zero-order chi connectivity index (χ0) is 13.7. The first-order valence-corrected chi connectivity index (χ1v) is 6.26. The number of ether oxygens (including phenoxy) is 1. The molecule has 1 aromatic heterocycles. The minimum absolute atomic E-state index is 0.113. The number of amides is 1. The van der Waals surface area contributed by atoms with Gasteiger partial charge in [-0.25, -0.2) is 9.97 Å². The number of nitrogens with zero attached hydrogens (tertiary/aromatic N) is 4. The van der Waals surface area contributed by atoms with Gasteiger partial charge in [-0.2, -0.15) is 0 Å². The zero-order valence-electron chi connectivity index (χ0n) is 11.3. The van der Waals surface area contributed by atoms with E-state index in [1.165, 1.54) is 6.33 Å². The molecule has 7 nitrogen and oxygen atoms in total. The Balaban J connectivity index is 1.95. The van der Waals surface area contributed by atoms with E-state index in [9.17, 15) is 4.79 Å². The van der Waals surface area contributed by atoms with E-state index >= 15 is 0 Å². The van der Waals surface area contributed by atoms with Crippen LogP contribution in [0.5, 0.6) is 5.88 Å². The summed E-state index contributed by atoms with van der Waals surface area (Å²) < 4.78 is 5.04. The number of likely N-dealkylation sites (N-methyl/N-ethyl adjacent to an activating group) is 1. The van der Waals surface area contributed by atoms with Crippen molar-refractivity contribution in [3.8, 4) is 5.88 Å². The quantitative estimate of drug-likeness (QED) is 0.780. The lowest BCUT2D eigenvalue weighted by Gasteiger charge is -2.29. The summed E-state index contributed by atoms with van der Waals surface area (Å²) in [5.74, 6) is 1.28. The number of rotatable bonds is 4. The fourth-order valence-electron chi connectivity index (χ4n) is 1.95. The van der Waals surface area contributed by atoms with Crippen molar-refractivity contribution in [2.45, 2.75) is 0 Å². The summed E-state index contributed by atoms with van der Waals surface area (Å²) in [5, 5.41) is 3.23. The molecule has 0 aliphatic carbocycles. The monoisotopic (exact) mass is 265 g/mol. The highest BCUT2D eigenvalue weighted by molar-refractivity contribution is 5.81. The molecule has 1 saturated heterocycles. The Labute approximate surface area is 112 Å². The summed E-state index contributed by atoms with van der Waals surface area (Å²) in [5.41, 5.74) is 0. The Kier molecular flexibility index (Phi) is 4.51. The Hall–Kier alpha value is -1.89. The smallest absolute Gasteiger partial charge is 0.242 e. The fraction of sp³-hybridized carbons (Fsp3) is 0.583. The van der Waals surface area contributed by atoms with Crippen molar-refractivity contribution in [1.29, 1.82) is 0 Å². The lowest BCUT2D eigenvalue weighted by molar-refractivity contribution is -0.130. The summed E-state index contributed by atoms with van der Waals surface area (Å²) in [6.45, 7) is 3.55. The fourth-order valence-corrected chi connectivity index (χ4v) is 1.95. The third kappa shape index (κ3) is 3.54. The minimum Gasteiger partial charge on any atom is -0.481 e. The number of anilines is 1. The van der Waals surface area contributed by atoms with Gasteiger partial charge < -0.3 is 19.9 Å². The zero-order valence-corrected chi connectivity index (χ0v) is 11.3. The molecule has 0 radical (unpaired) electrons. The van der Waals surface area contributed by atoms with Gasteiger partial charge in [-0.1, -0.05) is 0 Å². The van der Waals surface area contributed by atoms with Gasteiger partial charge in [-0.3, -0.25) is 4.79 Å². The van der Waals surface area contributed by atoms with E-state index in [2.05, 4.69) is 15.3 Å². The van der Waals surface area contributed by atoms with Crippen LogP contribution in [0.3, 0.4) is 0 Å². The average molecular weight is 265 g/mol. The van der Waals surface area contributed by atoms with Gasteiger partial charge in [0, 0.05) is 39.3 Å². The van der Waals surface area contributed by atoms with Crippen molar-refractivity contribution in [2.24, 2.45) is 0 Å². The van der Waals surface area contributed by atoms with Gasteiger partial charge in [-0.05, 0) is 0 Å². The molecule has 1 N–H and O–H groups in total. The summed E-state index contributed by atoms with van der Waals surface area (Å²) in [6.07, 6.45) is 1.43. The summed E-state index contributed by atoms with van der Waals surface area (Å²) in [4.78, 5) is 23.9. The van der Waals surface area contributed by atoms with Crippen LogP contribution in [-0.2, 0) is 4.79 Å². The third-order valence-corrected chi connectivity index (χ3v) is 3.07. The summed E-state index contributed by atoms with van der Waals surface area (Å²) in [6, 6.07) is 1.71. The highest BCUT2D eigenvalue weighted by atomic mass is 16.5.